The van der Waals surface area contributed by atoms with E-state index in [1.165, 1.54) is 180 Å². The highest BCUT2D eigenvalue weighted by molar-refractivity contribution is 6.40. The topological polar surface area (TPSA) is 70.2 Å². The highest BCUT2D eigenvalue weighted by Crippen LogP contribution is 2.50. The van der Waals surface area contributed by atoms with Gasteiger partial charge < -0.3 is 42.1 Å². The number of rotatable bonds is 39. The number of unbranched alkanes of at least 4 members (excludes halogenated alkanes) is 27. The summed E-state index contributed by atoms with van der Waals surface area (Å²) in [5.41, 5.74) is 17.2. The summed E-state index contributed by atoms with van der Waals surface area (Å²) in [4.78, 5) is 0. The molecule has 0 saturated carbocycles. The highest BCUT2D eigenvalue weighted by atomic mass is 16.5. The average molecular weight is 1630 g/mol. The van der Waals surface area contributed by atoms with Crippen LogP contribution in [0.2, 0.25) is 0 Å². The van der Waals surface area contributed by atoms with Gasteiger partial charge in [-0.3, -0.25) is 0 Å². The fraction of sp³-hybridized carbons (Fsp3) is 0.368. The Kier molecular flexibility index (Phi) is 33.2. The van der Waals surface area contributed by atoms with Gasteiger partial charge in [-0.25, -0.2) is 0 Å². The Morgan fingerprint density at radius 2 is 0.431 bits per heavy atom. The Labute approximate surface area is 733 Å². The van der Waals surface area contributed by atoms with Crippen LogP contribution in [0.4, 0.5) is 0 Å². The quantitative estimate of drug-likeness (QED) is 0.0282. The van der Waals surface area contributed by atoms with Crippen molar-refractivity contribution in [2.75, 3.05) is 42.7 Å². The second-order valence-electron chi connectivity index (χ2n) is 32.8. The summed E-state index contributed by atoms with van der Waals surface area (Å²) in [7, 11) is 10.2. The van der Waals surface area contributed by atoms with Crippen LogP contribution in [0.5, 0.6) is 34.5 Å². The SMILES string of the molecule is CCCCCCCCCCCCn1c2cc(C#Cc3ccc(OC)cc3)c(C#Cc3ccc(OC)cc3)cc2c2c1c1c3ccc(C#Cc4ccc(OC)cc4)c(C#Cc4ccc(OC)cc4)c3n(CCCCCCCCCCCC)c1c1c3cc(C#Cc4ccc(OC)cc4)c(C#Cc4ccc(OC)cc4)cc3n(CCCCCCCCCCCC)c21. The van der Waals surface area contributed by atoms with Gasteiger partial charge >= 0.3 is 0 Å². The Morgan fingerprint density at radius 3 is 0.707 bits per heavy atom. The van der Waals surface area contributed by atoms with Gasteiger partial charge in [-0.15, -0.1) is 0 Å². The number of methoxy groups -OCH3 is 6. The van der Waals surface area contributed by atoms with Gasteiger partial charge in [0.2, 0.25) is 0 Å². The van der Waals surface area contributed by atoms with Crippen LogP contribution in [0.25, 0.3) is 65.4 Å². The van der Waals surface area contributed by atoms with E-state index in [1.54, 1.807) is 42.7 Å². The molecule has 0 aliphatic heterocycles. The summed E-state index contributed by atoms with van der Waals surface area (Å²) in [6, 6.07) is 62.6. The molecule has 0 amide bonds. The number of hydrogen-bond donors (Lipinski definition) is 0. The zero-order valence-electron chi connectivity index (χ0n) is 74.4. The van der Waals surface area contributed by atoms with Gasteiger partial charge in [0.25, 0.3) is 0 Å². The van der Waals surface area contributed by atoms with Crippen molar-refractivity contribution in [2.45, 2.75) is 233 Å². The Bertz CT molecular complexity index is 6030. The molecule has 13 aromatic rings. The van der Waals surface area contributed by atoms with Gasteiger partial charge in [0.05, 0.1) is 81.3 Å². The molecule has 0 saturated heterocycles. The summed E-state index contributed by atoms with van der Waals surface area (Å²) in [5, 5.41) is 6.93. The van der Waals surface area contributed by atoms with Crippen molar-refractivity contribution in [1.29, 1.82) is 0 Å². The van der Waals surface area contributed by atoms with Crippen molar-refractivity contribution in [3.8, 4) is 106 Å². The van der Waals surface area contributed by atoms with Gasteiger partial charge in [-0.1, -0.05) is 271 Å². The number of benzene rings is 10. The third kappa shape index (κ3) is 23.1. The highest BCUT2D eigenvalue weighted by Gasteiger charge is 2.30. The molecule has 13 rings (SSSR count). The van der Waals surface area contributed by atoms with Crippen molar-refractivity contribution in [1.82, 2.24) is 13.7 Å². The summed E-state index contributed by atoms with van der Waals surface area (Å²) < 4.78 is 42.3. The van der Waals surface area contributed by atoms with Crippen LogP contribution in [0, 0.1) is 71.0 Å². The fourth-order valence-electron chi connectivity index (χ4n) is 17.2. The van der Waals surface area contributed by atoms with E-state index in [2.05, 4.69) is 154 Å². The lowest BCUT2D eigenvalue weighted by Crippen LogP contribution is -2.03. The van der Waals surface area contributed by atoms with Crippen molar-refractivity contribution in [2.24, 2.45) is 0 Å². The minimum atomic E-state index is 0.735. The molecule has 3 aromatic heterocycles. The zero-order chi connectivity index (χ0) is 85.3. The molecule has 0 radical (unpaired) electrons. The second kappa shape index (κ2) is 46.1. The Hall–Kier alpha value is -12.2. The first-order valence-corrected chi connectivity index (χ1v) is 45.7. The summed E-state index contributed by atoms with van der Waals surface area (Å²) in [6.07, 6.45) is 36.5. The third-order valence-electron chi connectivity index (χ3n) is 24.1. The first-order valence-electron chi connectivity index (χ1n) is 45.7. The van der Waals surface area contributed by atoms with Crippen LogP contribution < -0.4 is 28.4 Å². The average Bonchev–Trinajstić information content (AvgIpc) is 1.51. The number of nitrogens with zero attached hydrogens (tertiary/aromatic N) is 3. The van der Waals surface area contributed by atoms with Gasteiger partial charge in [0.1, 0.15) is 34.5 Å². The van der Waals surface area contributed by atoms with Crippen LogP contribution in [0.3, 0.4) is 0 Å². The predicted octanol–water partition coefficient (Wildman–Crippen LogP) is 28.2. The van der Waals surface area contributed by atoms with Crippen molar-refractivity contribution in [3.05, 3.63) is 249 Å². The maximum atomic E-state index is 5.74. The molecule has 0 atom stereocenters. The molecule has 630 valence electrons. The second-order valence-corrected chi connectivity index (χ2v) is 32.8. The van der Waals surface area contributed by atoms with Crippen LogP contribution in [-0.2, 0) is 19.6 Å². The lowest BCUT2D eigenvalue weighted by molar-refractivity contribution is 0.414. The number of hydrogen-bond acceptors (Lipinski definition) is 6. The number of fused-ring (bicyclic) bond motifs is 12. The molecule has 0 aliphatic carbocycles. The molecule has 0 bridgehead atoms. The van der Waals surface area contributed by atoms with Crippen LogP contribution in [0.15, 0.2) is 182 Å². The molecule has 9 heteroatoms. The van der Waals surface area contributed by atoms with Crippen LogP contribution in [0.1, 0.15) is 280 Å². The zero-order valence-corrected chi connectivity index (χ0v) is 74.4. The normalized spacial score (nSPS) is 11.0. The molecule has 10 aromatic carbocycles. The number of ether oxygens (including phenoxy) is 6. The largest absolute Gasteiger partial charge is 0.497 e. The van der Waals surface area contributed by atoms with Crippen molar-refractivity contribution in [3.63, 3.8) is 0 Å². The van der Waals surface area contributed by atoms with E-state index in [0.717, 1.165) is 199 Å². The minimum absolute atomic E-state index is 0.735. The Morgan fingerprint density at radius 1 is 0.203 bits per heavy atom. The predicted molar refractivity (Wildman–Crippen MR) is 515 cm³/mol. The first-order chi connectivity index (χ1) is 60.7. The van der Waals surface area contributed by atoms with E-state index in [-0.39, 0.29) is 0 Å². The molecule has 0 unspecified atom stereocenters. The van der Waals surface area contributed by atoms with Crippen molar-refractivity contribution >= 4 is 65.4 Å². The molecule has 9 nitrogen and oxygen atoms in total. The maximum absolute atomic E-state index is 5.74. The molecule has 0 aliphatic rings. The molecule has 0 fully saturated rings. The minimum Gasteiger partial charge on any atom is -0.497 e. The van der Waals surface area contributed by atoms with Crippen LogP contribution >= 0.6 is 0 Å². The number of aromatic nitrogens is 3. The molecule has 3 heterocycles. The Balaban J connectivity index is 1.20. The third-order valence-corrected chi connectivity index (χ3v) is 24.1. The van der Waals surface area contributed by atoms with Gasteiger partial charge in [0.15, 0.2) is 0 Å². The first kappa shape index (κ1) is 88.5. The smallest absolute Gasteiger partial charge is 0.118 e. The molecule has 0 N–H and O–H groups in total. The summed E-state index contributed by atoms with van der Waals surface area (Å²) in [6.45, 7) is 9.19. The maximum Gasteiger partial charge on any atom is 0.118 e. The van der Waals surface area contributed by atoms with E-state index in [9.17, 15) is 0 Å². The molecule has 123 heavy (non-hydrogen) atoms. The standard InChI is InChI=1S/C114H123N3O6/c1-10-13-16-19-22-25-28-31-34-37-78-115-106-83-94(61-43-88-51-70-99(121-7)71-52-88)92(59-41-86-47-66-97(119-5)67-48-86)81-104(106)109-112(115)108-103-77-63-91(58-40-85-45-64-96(118-4)65-46-85)102(76-57-90-55-74-101(123-9)75-56-90)111(103)117(80-39-36-33-30-27-24-21-18-15-12-3)114(108)110-105-82-93(60-42-87-49-68-98(120-6)69-50-87)95(62-44-89-53-72-100(122-8)73-54-89)84-107(105)116(113(109)110)79-38-35-32-29-26-23-20-17-14-11-2/h45-56,63-75,77,81-84H,10-39,78-80H2,1-9H3. The van der Waals surface area contributed by atoms with Gasteiger partial charge in [-0.2, -0.15) is 0 Å². The monoisotopic (exact) mass is 1630 g/mol. The molecule has 0 spiro atoms. The van der Waals surface area contributed by atoms with E-state index in [1.807, 2.05) is 133 Å². The molecular weight excluding hydrogens is 1510 g/mol. The van der Waals surface area contributed by atoms with E-state index >= 15 is 0 Å². The van der Waals surface area contributed by atoms with Crippen LogP contribution in [-0.4, -0.2) is 56.4 Å². The van der Waals surface area contributed by atoms with E-state index < -0.39 is 0 Å². The fourth-order valence-corrected chi connectivity index (χ4v) is 17.2. The summed E-state index contributed by atoms with van der Waals surface area (Å²) in [5.74, 6) is 49.5. The van der Waals surface area contributed by atoms with E-state index in [4.69, 9.17) is 28.4 Å². The lowest BCUT2D eigenvalue weighted by atomic mass is 9.97. The van der Waals surface area contributed by atoms with E-state index in [0.29, 0.717) is 0 Å². The van der Waals surface area contributed by atoms with Crippen molar-refractivity contribution < 1.29 is 28.4 Å². The van der Waals surface area contributed by atoms with Gasteiger partial charge in [-0.05, 0) is 195 Å². The summed E-state index contributed by atoms with van der Waals surface area (Å²) >= 11 is 0. The molecular formula is C114H123N3O6. The van der Waals surface area contributed by atoms with Gasteiger partial charge in [0, 0.05) is 113 Å². The lowest BCUT2D eigenvalue weighted by Gasteiger charge is -2.14. The number of aryl methyl sites for hydroxylation is 3.